The molecule has 2 N–H and O–H groups in total. The lowest BCUT2D eigenvalue weighted by atomic mass is 10.0. The molecule has 2 aromatic carbocycles. The van der Waals surface area contributed by atoms with Crippen molar-refractivity contribution in [3.63, 3.8) is 0 Å². The Hall–Kier alpha value is -3.52. The van der Waals surface area contributed by atoms with Crippen molar-refractivity contribution in [1.82, 2.24) is 10.6 Å². The summed E-state index contributed by atoms with van der Waals surface area (Å²) in [6, 6.07) is 9.44. The van der Waals surface area contributed by atoms with Crippen molar-refractivity contribution < 1.29 is 23.5 Å². The molecule has 1 aliphatic rings. The van der Waals surface area contributed by atoms with Gasteiger partial charge in [-0.3, -0.25) is 20.2 Å². The Morgan fingerprint density at radius 3 is 2.40 bits per heavy atom. The Labute approximate surface area is 178 Å². The quantitative estimate of drug-likeness (QED) is 0.308. The predicted molar refractivity (Wildman–Crippen MR) is 114 cm³/mol. The van der Waals surface area contributed by atoms with E-state index in [1.807, 2.05) is 0 Å². The summed E-state index contributed by atoms with van der Waals surface area (Å²) in [6.45, 7) is 3.97. The maximum Gasteiger partial charge on any atom is 0.263 e. The summed E-state index contributed by atoms with van der Waals surface area (Å²) >= 11 is 4.81. The molecule has 1 saturated heterocycles. The van der Waals surface area contributed by atoms with Crippen LogP contribution < -0.4 is 20.1 Å². The molecule has 0 atom stereocenters. The molecule has 0 unspecified atom stereocenters. The van der Waals surface area contributed by atoms with Gasteiger partial charge in [-0.05, 0) is 60.1 Å². The molecule has 30 heavy (non-hydrogen) atoms. The maximum atomic E-state index is 13.1. The Balaban J connectivity index is 1.94. The largest absolute Gasteiger partial charge is 0.493 e. The van der Waals surface area contributed by atoms with Gasteiger partial charge in [-0.25, -0.2) is 4.39 Å². The fourth-order valence-electron chi connectivity index (χ4n) is 2.90. The van der Waals surface area contributed by atoms with E-state index < -0.39 is 11.8 Å². The van der Waals surface area contributed by atoms with Gasteiger partial charge < -0.3 is 9.47 Å². The first-order valence-corrected chi connectivity index (χ1v) is 9.39. The molecule has 0 radical (unpaired) electrons. The Kier molecular flexibility index (Phi) is 6.58. The van der Waals surface area contributed by atoms with E-state index in [9.17, 15) is 14.0 Å². The minimum Gasteiger partial charge on any atom is -0.493 e. The van der Waals surface area contributed by atoms with Crippen LogP contribution in [0.25, 0.3) is 6.08 Å². The fraction of sp³-hybridized carbons (Fsp3) is 0.136. The van der Waals surface area contributed by atoms with E-state index in [0.717, 1.165) is 11.1 Å². The van der Waals surface area contributed by atoms with Gasteiger partial charge in [0.1, 0.15) is 18.0 Å². The molecule has 6 nitrogen and oxygen atoms in total. The third-order valence-corrected chi connectivity index (χ3v) is 4.49. The number of rotatable bonds is 7. The van der Waals surface area contributed by atoms with Gasteiger partial charge in [0.05, 0.1) is 7.11 Å². The summed E-state index contributed by atoms with van der Waals surface area (Å²) in [5.74, 6) is -0.551. The average molecular weight is 426 g/mol. The third-order valence-electron chi connectivity index (χ3n) is 4.29. The molecule has 2 aromatic rings. The number of carbonyl (C=O) groups excluding carboxylic acids is 2. The van der Waals surface area contributed by atoms with Crippen LogP contribution in [-0.4, -0.2) is 24.0 Å². The molecule has 3 rings (SSSR count). The average Bonchev–Trinajstić information content (AvgIpc) is 2.71. The minimum atomic E-state index is -0.579. The zero-order valence-corrected chi connectivity index (χ0v) is 17.0. The van der Waals surface area contributed by atoms with E-state index in [1.165, 1.54) is 25.3 Å². The zero-order chi connectivity index (χ0) is 21.7. The van der Waals surface area contributed by atoms with Crippen LogP contribution in [-0.2, 0) is 22.6 Å². The normalized spacial score (nSPS) is 13.4. The molecule has 1 fully saturated rings. The molecule has 0 spiro atoms. The number of hydrogen-bond acceptors (Lipinski definition) is 5. The summed E-state index contributed by atoms with van der Waals surface area (Å²) in [4.78, 5) is 24.2. The van der Waals surface area contributed by atoms with Crippen LogP contribution in [0.2, 0.25) is 0 Å². The molecule has 1 aliphatic heterocycles. The monoisotopic (exact) mass is 426 g/mol. The van der Waals surface area contributed by atoms with Gasteiger partial charge in [0.15, 0.2) is 16.6 Å². The lowest BCUT2D eigenvalue weighted by Gasteiger charge is -2.18. The second-order valence-electron chi connectivity index (χ2n) is 6.41. The second kappa shape index (κ2) is 9.32. The van der Waals surface area contributed by atoms with Gasteiger partial charge in [0, 0.05) is 5.56 Å². The highest BCUT2D eigenvalue weighted by Gasteiger charge is 2.26. The van der Waals surface area contributed by atoms with Crippen molar-refractivity contribution in [3.05, 3.63) is 77.1 Å². The van der Waals surface area contributed by atoms with E-state index in [4.69, 9.17) is 21.7 Å². The number of amides is 2. The van der Waals surface area contributed by atoms with Crippen molar-refractivity contribution in [2.75, 3.05) is 7.11 Å². The van der Waals surface area contributed by atoms with Crippen molar-refractivity contribution >= 4 is 35.2 Å². The molecular weight excluding hydrogens is 407 g/mol. The van der Waals surface area contributed by atoms with Gasteiger partial charge in [-0.15, -0.1) is 6.58 Å². The second-order valence-corrected chi connectivity index (χ2v) is 6.82. The van der Waals surface area contributed by atoms with Crippen molar-refractivity contribution in [3.8, 4) is 11.5 Å². The number of ether oxygens (including phenoxy) is 2. The molecule has 0 saturated carbocycles. The van der Waals surface area contributed by atoms with E-state index in [1.54, 1.807) is 30.3 Å². The number of carbonyl (C=O) groups is 2. The summed E-state index contributed by atoms with van der Waals surface area (Å²) in [6.07, 6.45) is 3.62. The predicted octanol–water partition coefficient (Wildman–Crippen LogP) is 3.06. The Morgan fingerprint density at radius 2 is 1.80 bits per heavy atom. The number of halogens is 1. The van der Waals surface area contributed by atoms with E-state index in [0.29, 0.717) is 23.5 Å². The van der Waals surface area contributed by atoms with Gasteiger partial charge in [0.2, 0.25) is 0 Å². The molecule has 8 heteroatoms. The van der Waals surface area contributed by atoms with Crippen LogP contribution >= 0.6 is 12.2 Å². The van der Waals surface area contributed by atoms with Crippen LogP contribution in [0.5, 0.6) is 11.5 Å². The fourth-order valence-corrected chi connectivity index (χ4v) is 3.08. The van der Waals surface area contributed by atoms with Crippen LogP contribution in [0.3, 0.4) is 0 Å². The highest BCUT2D eigenvalue weighted by atomic mass is 32.1. The number of methoxy groups -OCH3 is 1. The SMILES string of the molecule is C=CCc1cc(C=C2C(=O)NC(=S)NC2=O)cc(OC)c1OCc1ccc(F)cc1. The number of allylic oxidation sites excluding steroid dienone is 1. The van der Waals surface area contributed by atoms with E-state index >= 15 is 0 Å². The minimum absolute atomic E-state index is 0.0309. The topological polar surface area (TPSA) is 76.7 Å². The third kappa shape index (κ3) is 4.90. The molecule has 1 heterocycles. The van der Waals surface area contributed by atoms with Gasteiger partial charge in [0.25, 0.3) is 11.8 Å². The molecule has 0 bridgehead atoms. The van der Waals surface area contributed by atoms with Crippen LogP contribution in [0.4, 0.5) is 4.39 Å². The first-order chi connectivity index (χ1) is 14.4. The summed E-state index contributed by atoms with van der Waals surface area (Å²) < 4.78 is 24.5. The zero-order valence-electron chi connectivity index (χ0n) is 16.2. The lowest BCUT2D eigenvalue weighted by Crippen LogP contribution is -2.51. The number of benzene rings is 2. The first kappa shape index (κ1) is 21.2. The highest BCUT2D eigenvalue weighted by Crippen LogP contribution is 2.35. The summed E-state index contributed by atoms with van der Waals surface area (Å²) in [5.41, 5.74) is 2.05. The van der Waals surface area contributed by atoms with Crippen molar-refractivity contribution in [2.45, 2.75) is 13.0 Å². The Bertz CT molecular complexity index is 1030. The Morgan fingerprint density at radius 1 is 1.13 bits per heavy atom. The molecular formula is C22H19FN2O4S. The molecule has 0 aliphatic carbocycles. The first-order valence-electron chi connectivity index (χ1n) is 8.98. The molecule has 0 aromatic heterocycles. The number of hydrogen-bond donors (Lipinski definition) is 2. The van der Waals surface area contributed by atoms with Crippen LogP contribution in [0.1, 0.15) is 16.7 Å². The number of thiocarbonyl (C=S) groups is 1. The van der Waals surface area contributed by atoms with Gasteiger partial charge in [-0.1, -0.05) is 18.2 Å². The van der Waals surface area contributed by atoms with Crippen LogP contribution in [0, 0.1) is 5.82 Å². The lowest BCUT2D eigenvalue weighted by molar-refractivity contribution is -0.123. The molecule has 2 amide bonds. The highest BCUT2D eigenvalue weighted by molar-refractivity contribution is 7.80. The van der Waals surface area contributed by atoms with Gasteiger partial charge in [-0.2, -0.15) is 0 Å². The van der Waals surface area contributed by atoms with Crippen LogP contribution in [0.15, 0.2) is 54.6 Å². The molecule has 154 valence electrons. The van der Waals surface area contributed by atoms with Crippen molar-refractivity contribution in [2.24, 2.45) is 0 Å². The number of nitrogens with one attached hydrogen (secondary N) is 2. The van der Waals surface area contributed by atoms with E-state index in [2.05, 4.69) is 17.2 Å². The summed E-state index contributed by atoms with van der Waals surface area (Å²) in [7, 11) is 1.49. The van der Waals surface area contributed by atoms with Gasteiger partial charge >= 0.3 is 0 Å². The standard InChI is InChI=1S/C22H19FN2O4S/c1-3-4-15-9-14(10-17-20(26)24-22(30)25-21(17)27)11-18(28-2)19(15)29-12-13-5-7-16(23)8-6-13/h3,5-11H,1,4,12H2,2H3,(H2,24,25,26,27,30). The smallest absolute Gasteiger partial charge is 0.263 e. The summed E-state index contributed by atoms with van der Waals surface area (Å²) in [5, 5.41) is 4.76. The van der Waals surface area contributed by atoms with Crippen molar-refractivity contribution in [1.29, 1.82) is 0 Å². The maximum absolute atomic E-state index is 13.1. The van der Waals surface area contributed by atoms with E-state index in [-0.39, 0.29) is 23.1 Å².